The second kappa shape index (κ2) is 17.8. The molecule has 0 aliphatic carbocycles. The van der Waals surface area contributed by atoms with Crippen LogP contribution >= 0.6 is 11.3 Å². The molecule has 3 aromatic carbocycles. The first-order chi connectivity index (χ1) is 28.8. The van der Waals surface area contributed by atoms with Crippen molar-refractivity contribution in [2.75, 3.05) is 26.2 Å². The van der Waals surface area contributed by atoms with Crippen LogP contribution in [-0.2, 0) is 16.0 Å². The summed E-state index contributed by atoms with van der Waals surface area (Å²) in [7, 11) is 0. The summed E-state index contributed by atoms with van der Waals surface area (Å²) in [6.07, 6.45) is 5.93. The van der Waals surface area contributed by atoms with Gasteiger partial charge in [0, 0.05) is 24.9 Å². The van der Waals surface area contributed by atoms with Gasteiger partial charge in [0.05, 0.1) is 47.1 Å². The molecule has 4 N–H and O–H groups in total. The molecule has 6 aromatic rings. The summed E-state index contributed by atoms with van der Waals surface area (Å²) < 4.78 is 0. The average molecular weight is 812 g/mol. The molecule has 0 radical (unpaired) electrons. The highest BCUT2D eigenvalue weighted by molar-refractivity contribution is 7.07. The number of amides is 3. The Bertz CT molecular complexity index is 2340. The van der Waals surface area contributed by atoms with E-state index in [4.69, 9.17) is 4.98 Å². The minimum absolute atomic E-state index is 0.103. The topological polar surface area (TPSA) is 163 Å². The van der Waals surface area contributed by atoms with E-state index >= 15 is 0 Å². The third-order valence-electron chi connectivity index (χ3n) is 11.6. The van der Waals surface area contributed by atoms with Gasteiger partial charge in [-0.25, -0.2) is 19.7 Å². The van der Waals surface area contributed by atoms with E-state index in [0.29, 0.717) is 24.6 Å². The fraction of sp³-hybridized carbons (Fsp3) is 0.333. The number of likely N-dealkylation sites (tertiary alicyclic amines) is 2. The zero-order valence-electron chi connectivity index (χ0n) is 33.3. The van der Waals surface area contributed by atoms with Crippen molar-refractivity contribution in [3.05, 3.63) is 125 Å². The molecule has 0 saturated carbocycles. The summed E-state index contributed by atoms with van der Waals surface area (Å²) in [5.74, 6) is 1.34. The standard InChI is InChI=1S/C45H49N9O4S/c1-3-52(4-2)40(33-10-6-5-7-11-33)44(56)54-23-9-13-39(54)42-47-26-37(50-42)32-20-16-30(17-21-32)29-14-18-31(19-15-29)36-25-46-41(49-36)38-12-8-22-53(38)43(55)35(51-45(57)58)24-34-27-59-28-48-34/h5-7,10-11,14-21,25-28,35,38-40,51H,3-4,8-9,12-13,22-24H2,1-2H3,(H,46,49)(H,47,50)(H,57,58)/t35-,38-,39-,40+/m0/s1. The molecule has 14 heteroatoms. The van der Waals surface area contributed by atoms with Gasteiger partial charge in [0.1, 0.15) is 23.7 Å². The maximum atomic E-state index is 14.2. The summed E-state index contributed by atoms with van der Waals surface area (Å²) in [4.78, 5) is 66.1. The summed E-state index contributed by atoms with van der Waals surface area (Å²) in [5.41, 5.74) is 9.24. The van der Waals surface area contributed by atoms with E-state index < -0.39 is 12.1 Å². The lowest BCUT2D eigenvalue weighted by atomic mass is 10.0. The maximum Gasteiger partial charge on any atom is 0.405 e. The molecule has 304 valence electrons. The summed E-state index contributed by atoms with van der Waals surface area (Å²) in [5, 5.41) is 13.7. The Morgan fingerprint density at radius 3 is 1.78 bits per heavy atom. The molecule has 2 aliphatic rings. The number of H-pyrrole nitrogens is 2. The Balaban J connectivity index is 0.924. The van der Waals surface area contributed by atoms with Crippen LogP contribution in [0, 0.1) is 0 Å². The van der Waals surface area contributed by atoms with Gasteiger partial charge >= 0.3 is 6.09 Å². The number of nitrogens with one attached hydrogen (secondary N) is 3. The van der Waals surface area contributed by atoms with Gasteiger partial charge in [-0.2, -0.15) is 0 Å². The predicted octanol–water partition coefficient (Wildman–Crippen LogP) is 7.88. The Morgan fingerprint density at radius 1 is 0.763 bits per heavy atom. The van der Waals surface area contributed by atoms with E-state index in [1.54, 1.807) is 16.6 Å². The first-order valence-electron chi connectivity index (χ1n) is 20.4. The molecule has 0 spiro atoms. The molecule has 3 aromatic heterocycles. The summed E-state index contributed by atoms with van der Waals surface area (Å²) >= 11 is 1.41. The highest BCUT2D eigenvalue weighted by Crippen LogP contribution is 2.37. The molecule has 0 unspecified atom stereocenters. The lowest BCUT2D eigenvalue weighted by molar-refractivity contribution is -0.138. The molecule has 3 amide bonds. The van der Waals surface area contributed by atoms with E-state index in [2.05, 4.69) is 92.5 Å². The number of hydrogen-bond acceptors (Lipinski definition) is 8. The first kappa shape index (κ1) is 39.7. The van der Waals surface area contributed by atoms with Crippen molar-refractivity contribution in [2.24, 2.45) is 0 Å². The van der Waals surface area contributed by atoms with Crippen molar-refractivity contribution in [1.82, 2.24) is 44.9 Å². The third kappa shape index (κ3) is 8.55. The van der Waals surface area contributed by atoms with Crippen LogP contribution < -0.4 is 5.32 Å². The van der Waals surface area contributed by atoms with Crippen LogP contribution in [0.1, 0.15) is 80.6 Å². The van der Waals surface area contributed by atoms with Crippen molar-refractivity contribution >= 4 is 29.2 Å². The van der Waals surface area contributed by atoms with Crippen LogP contribution in [0.2, 0.25) is 0 Å². The highest BCUT2D eigenvalue weighted by Gasteiger charge is 2.39. The van der Waals surface area contributed by atoms with Crippen LogP contribution in [0.25, 0.3) is 33.6 Å². The molecule has 5 heterocycles. The number of nitrogens with zero attached hydrogens (tertiary/aromatic N) is 6. The number of likely N-dealkylation sites (N-methyl/N-ethyl adjacent to an activating group) is 1. The van der Waals surface area contributed by atoms with Crippen LogP contribution in [0.5, 0.6) is 0 Å². The first-order valence-corrected chi connectivity index (χ1v) is 21.3. The number of aromatic amines is 2. The minimum Gasteiger partial charge on any atom is -0.465 e. The van der Waals surface area contributed by atoms with Crippen LogP contribution in [0.15, 0.2) is 102 Å². The second-order valence-corrected chi connectivity index (χ2v) is 15.8. The smallest absolute Gasteiger partial charge is 0.405 e. The molecule has 8 rings (SSSR count). The van der Waals surface area contributed by atoms with Gasteiger partial charge in [-0.3, -0.25) is 14.5 Å². The fourth-order valence-corrected chi connectivity index (χ4v) is 9.18. The summed E-state index contributed by atoms with van der Waals surface area (Å²) in [6, 6.07) is 25.1. The zero-order valence-corrected chi connectivity index (χ0v) is 34.1. The number of benzene rings is 3. The van der Waals surface area contributed by atoms with Crippen molar-refractivity contribution in [3.63, 3.8) is 0 Å². The molecule has 59 heavy (non-hydrogen) atoms. The van der Waals surface area contributed by atoms with E-state index in [1.807, 2.05) is 46.8 Å². The zero-order chi connectivity index (χ0) is 40.9. The number of rotatable bonds is 14. The molecular weight excluding hydrogens is 763 g/mol. The van der Waals surface area contributed by atoms with Gasteiger partial charge in [-0.1, -0.05) is 92.7 Å². The molecule has 2 saturated heterocycles. The molecule has 13 nitrogen and oxygen atoms in total. The number of imidazole rings is 2. The van der Waals surface area contributed by atoms with Crippen LogP contribution in [0.4, 0.5) is 4.79 Å². The SMILES string of the molecule is CCN(CC)[C@@H](C(=O)N1CCC[C@H]1c1ncc(-c2ccc(-c3ccc(-c4cnc([C@@H]5CCCN5C(=O)[C@H](Cc5cscn5)NC(=O)O)[nH]4)cc3)cc2)[nH]1)c1ccccc1. The molecule has 2 aliphatic heterocycles. The normalized spacial score (nSPS) is 17.7. The minimum atomic E-state index is -1.24. The quantitative estimate of drug-likeness (QED) is 0.0864. The van der Waals surface area contributed by atoms with E-state index in [9.17, 15) is 19.5 Å². The number of carbonyl (C=O) groups is 3. The largest absolute Gasteiger partial charge is 0.465 e. The third-order valence-corrected chi connectivity index (χ3v) is 12.3. The molecular formula is C45H49N9O4S. The van der Waals surface area contributed by atoms with Gasteiger partial charge in [-0.15, -0.1) is 11.3 Å². The molecule has 0 bridgehead atoms. The molecule has 2 fully saturated rings. The number of carboxylic acid groups (broad SMARTS) is 1. The van der Waals surface area contributed by atoms with Crippen LogP contribution in [-0.4, -0.2) is 94.9 Å². The van der Waals surface area contributed by atoms with Crippen molar-refractivity contribution in [3.8, 4) is 33.6 Å². The van der Waals surface area contributed by atoms with Gasteiger partial charge in [0.2, 0.25) is 11.8 Å². The number of hydrogen-bond donors (Lipinski definition) is 4. The molecule has 4 atom stereocenters. The lowest BCUT2D eigenvalue weighted by Crippen LogP contribution is -2.49. The maximum absolute atomic E-state index is 14.2. The number of carbonyl (C=O) groups excluding carboxylic acids is 2. The highest BCUT2D eigenvalue weighted by atomic mass is 32.1. The Labute approximate surface area is 347 Å². The van der Waals surface area contributed by atoms with Gasteiger partial charge in [-0.05, 0) is 66.6 Å². The Hall–Kier alpha value is -6.12. The average Bonchev–Trinajstić information content (AvgIpc) is 4.12. The predicted molar refractivity (Wildman–Crippen MR) is 227 cm³/mol. The Morgan fingerprint density at radius 2 is 1.29 bits per heavy atom. The second-order valence-electron chi connectivity index (χ2n) is 15.1. The summed E-state index contributed by atoms with van der Waals surface area (Å²) in [6.45, 7) is 7.02. The van der Waals surface area contributed by atoms with E-state index in [1.165, 1.54) is 11.3 Å². The number of aromatic nitrogens is 5. The van der Waals surface area contributed by atoms with Gasteiger partial charge in [0.25, 0.3) is 0 Å². The van der Waals surface area contributed by atoms with Crippen LogP contribution in [0.3, 0.4) is 0 Å². The van der Waals surface area contributed by atoms with Crippen molar-refractivity contribution < 1.29 is 19.5 Å². The number of thiazole rings is 1. The fourth-order valence-electron chi connectivity index (χ4n) is 8.61. The lowest BCUT2D eigenvalue weighted by Gasteiger charge is -2.34. The van der Waals surface area contributed by atoms with Gasteiger partial charge < -0.3 is 30.2 Å². The van der Waals surface area contributed by atoms with Crippen molar-refractivity contribution in [1.29, 1.82) is 0 Å². The van der Waals surface area contributed by atoms with E-state index in [0.717, 1.165) is 83.8 Å². The monoisotopic (exact) mass is 811 g/mol. The Kier molecular flexibility index (Phi) is 12.0. The van der Waals surface area contributed by atoms with E-state index in [-0.39, 0.29) is 36.4 Å². The van der Waals surface area contributed by atoms with Crippen molar-refractivity contribution in [2.45, 2.75) is 70.1 Å². The van der Waals surface area contributed by atoms with Gasteiger partial charge in [0.15, 0.2) is 0 Å².